The van der Waals surface area contributed by atoms with Gasteiger partial charge in [0.25, 0.3) is 0 Å². The highest BCUT2D eigenvalue weighted by Crippen LogP contribution is 2.64. The van der Waals surface area contributed by atoms with Gasteiger partial charge < -0.3 is 5.73 Å². The van der Waals surface area contributed by atoms with Gasteiger partial charge in [-0.15, -0.1) is 0 Å². The van der Waals surface area contributed by atoms with Gasteiger partial charge in [-0.3, -0.25) is 0 Å². The summed E-state index contributed by atoms with van der Waals surface area (Å²) in [5.74, 6) is 1.89. The summed E-state index contributed by atoms with van der Waals surface area (Å²) in [6, 6.07) is 0.375. The van der Waals surface area contributed by atoms with E-state index in [1.54, 1.807) is 0 Å². The Kier molecular flexibility index (Phi) is 1.84. The molecule has 4 saturated carbocycles. The average Bonchev–Trinajstić information content (AvgIpc) is 1.98. The molecule has 4 aliphatic carbocycles. The van der Waals surface area contributed by atoms with Crippen LogP contribution < -0.4 is 5.73 Å². The zero-order chi connectivity index (χ0) is 9.97. The van der Waals surface area contributed by atoms with Gasteiger partial charge in [0, 0.05) is 10.8 Å². The van der Waals surface area contributed by atoms with E-state index in [4.69, 9.17) is 18.4 Å². The molecular weight excluding hydrogens is 190 g/mol. The van der Waals surface area contributed by atoms with Crippen LogP contribution in [0.25, 0.3) is 0 Å². The molecule has 2 heteroatoms. The van der Waals surface area contributed by atoms with Crippen LogP contribution in [0.2, 0.25) is 0 Å². The lowest BCUT2D eigenvalue weighted by Crippen LogP contribution is -2.58. The summed E-state index contributed by atoms with van der Waals surface area (Å²) in [5.41, 5.74) is 6.68. The van der Waals surface area contributed by atoms with Crippen molar-refractivity contribution in [2.24, 2.45) is 23.0 Å². The maximum atomic E-state index is 6.22. The van der Waals surface area contributed by atoms with E-state index in [0.29, 0.717) is 16.2 Å². The molecule has 0 heterocycles. The average molecular weight is 211 g/mol. The standard InChI is InChI=1S/C12H21NS/c1-8(13)11-3-9-2-10(4-11)6-12(14,5-9)7-11/h8-10,14H,2-7,13H2,1H3/t8-,9-,10+,11?,12?/m1/s1. The summed E-state index contributed by atoms with van der Waals surface area (Å²) >= 11 is 4.94. The molecule has 0 saturated heterocycles. The quantitative estimate of drug-likeness (QED) is 0.641. The summed E-state index contributed by atoms with van der Waals surface area (Å²) in [7, 11) is 0. The third-order valence-electron chi connectivity index (χ3n) is 5.04. The Labute approximate surface area is 92.2 Å². The van der Waals surface area contributed by atoms with E-state index >= 15 is 0 Å². The molecule has 4 rings (SSSR count). The SMILES string of the molecule is C[C@@H](N)C12C[C@@H]3C[C@@H](CC(S)(C3)C1)C2. The molecule has 80 valence electrons. The van der Waals surface area contributed by atoms with Crippen molar-refractivity contribution >= 4 is 12.6 Å². The van der Waals surface area contributed by atoms with Gasteiger partial charge in [0.1, 0.15) is 0 Å². The second-order valence-corrected chi connectivity index (χ2v) is 7.29. The van der Waals surface area contributed by atoms with E-state index in [9.17, 15) is 0 Å². The van der Waals surface area contributed by atoms with Crippen molar-refractivity contribution in [2.75, 3.05) is 0 Å². The largest absolute Gasteiger partial charge is 0.327 e. The first-order valence-electron chi connectivity index (χ1n) is 5.99. The maximum absolute atomic E-state index is 6.22. The third kappa shape index (κ3) is 1.19. The Morgan fingerprint density at radius 3 is 2.21 bits per heavy atom. The van der Waals surface area contributed by atoms with E-state index in [-0.39, 0.29) is 0 Å². The highest BCUT2D eigenvalue weighted by Gasteiger charge is 2.57. The number of nitrogens with two attached hydrogens (primary N) is 1. The molecule has 4 bridgehead atoms. The predicted octanol–water partition coefficient (Wildman–Crippen LogP) is 2.60. The minimum Gasteiger partial charge on any atom is -0.327 e. The predicted molar refractivity (Wildman–Crippen MR) is 62.5 cm³/mol. The third-order valence-corrected chi connectivity index (χ3v) is 5.56. The van der Waals surface area contributed by atoms with Gasteiger partial charge in [-0.2, -0.15) is 12.6 Å². The number of rotatable bonds is 1. The smallest absolute Gasteiger partial charge is 0.0141 e. The lowest BCUT2D eigenvalue weighted by atomic mass is 9.47. The Hall–Kier alpha value is 0.310. The van der Waals surface area contributed by atoms with Crippen LogP contribution in [0, 0.1) is 17.3 Å². The molecule has 5 atom stereocenters. The van der Waals surface area contributed by atoms with E-state index < -0.39 is 0 Å². The molecular formula is C12H21NS. The van der Waals surface area contributed by atoms with Gasteiger partial charge in [0.15, 0.2) is 0 Å². The highest BCUT2D eigenvalue weighted by molar-refractivity contribution is 7.81. The Balaban J connectivity index is 1.96. The fraction of sp³-hybridized carbons (Fsp3) is 1.00. The lowest BCUT2D eigenvalue weighted by molar-refractivity contribution is -0.0486. The van der Waals surface area contributed by atoms with Crippen LogP contribution in [0.1, 0.15) is 45.4 Å². The van der Waals surface area contributed by atoms with Crippen LogP contribution in [-0.2, 0) is 0 Å². The van der Waals surface area contributed by atoms with Gasteiger partial charge in [0.05, 0.1) is 0 Å². The zero-order valence-corrected chi connectivity index (χ0v) is 9.89. The summed E-state index contributed by atoms with van der Waals surface area (Å²) in [6.45, 7) is 2.21. The Morgan fingerprint density at radius 2 is 1.79 bits per heavy atom. The summed E-state index contributed by atoms with van der Waals surface area (Å²) in [6.07, 6.45) is 8.26. The number of hydrogen-bond donors (Lipinski definition) is 2. The second-order valence-electron chi connectivity index (χ2n) is 6.34. The fourth-order valence-corrected chi connectivity index (χ4v) is 5.65. The molecule has 4 fully saturated rings. The molecule has 0 spiro atoms. The fourth-order valence-electron chi connectivity index (χ4n) is 4.82. The van der Waals surface area contributed by atoms with Crippen LogP contribution >= 0.6 is 12.6 Å². The van der Waals surface area contributed by atoms with Gasteiger partial charge in [-0.25, -0.2) is 0 Å². The maximum Gasteiger partial charge on any atom is 0.0141 e. The van der Waals surface area contributed by atoms with Crippen molar-refractivity contribution in [3.05, 3.63) is 0 Å². The minimum absolute atomic E-state index is 0.359. The molecule has 0 aromatic carbocycles. The van der Waals surface area contributed by atoms with Crippen molar-refractivity contribution in [1.82, 2.24) is 0 Å². The van der Waals surface area contributed by atoms with Gasteiger partial charge in [-0.1, -0.05) is 0 Å². The minimum atomic E-state index is 0.359. The molecule has 0 aromatic heterocycles. The molecule has 1 nitrogen and oxygen atoms in total. The molecule has 0 aromatic rings. The first-order chi connectivity index (χ1) is 6.51. The van der Waals surface area contributed by atoms with Crippen molar-refractivity contribution in [2.45, 2.75) is 56.2 Å². The molecule has 0 amide bonds. The van der Waals surface area contributed by atoms with Crippen molar-refractivity contribution < 1.29 is 0 Å². The molecule has 4 aliphatic rings. The summed E-state index contributed by atoms with van der Waals surface area (Å²) in [5, 5.41) is 0. The highest BCUT2D eigenvalue weighted by atomic mass is 32.1. The first-order valence-corrected chi connectivity index (χ1v) is 6.44. The topological polar surface area (TPSA) is 26.0 Å². The van der Waals surface area contributed by atoms with E-state index in [1.807, 2.05) is 0 Å². The van der Waals surface area contributed by atoms with Crippen LogP contribution in [0.15, 0.2) is 0 Å². The van der Waals surface area contributed by atoms with E-state index in [2.05, 4.69) is 6.92 Å². The van der Waals surface area contributed by atoms with Gasteiger partial charge in [-0.05, 0) is 62.7 Å². The van der Waals surface area contributed by atoms with E-state index in [1.165, 1.54) is 38.5 Å². The number of hydrogen-bond acceptors (Lipinski definition) is 2. The molecule has 2 N–H and O–H groups in total. The van der Waals surface area contributed by atoms with Crippen molar-refractivity contribution in [3.63, 3.8) is 0 Å². The van der Waals surface area contributed by atoms with Crippen molar-refractivity contribution in [3.8, 4) is 0 Å². The zero-order valence-electron chi connectivity index (χ0n) is 9.00. The summed E-state index contributed by atoms with van der Waals surface area (Å²) < 4.78 is 0.359. The second kappa shape index (κ2) is 2.70. The normalized spacial score (nSPS) is 57.6. The molecule has 0 aliphatic heterocycles. The van der Waals surface area contributed by atoms with Crippen LogP contribution in [0.5, 0.6) is 0 Å². The first kappa shape index (κ1) is 9.53. The Morgan fingerprint density at radius 1 is 1.21 bits per heavy atom. The number of thiol groups is 1. The van der Waals surface area contributed by atoms with E-state index in [0.717, 1.165) is 11.8 Å². The van der Waals surface area contributed by atoms with Gasteiger partial charge >= 0.3 is 0 Å². The molecule has 0 radical (unpaired) electrons. The molecule has 14 heavy (non-hydrogen) atoms. The Bertz CT molecular complexity index is 247. The molecule has 2 unspecified atom stereocenters. The summed E-state index contributed by atoms with van der Waals surface area (Å²) in [4.78, 5) is 0. The monoisotopic (exact) mass is 211 g/mol. The van der Waals surface area contributed by atoms with Crippen LogP contribution in [0.4, 0.5) is 0 Å². The van der Waals surface area contributed by atoms with Gasteiger partial charge in [0.2, 0.25) is 0 Å². The lowest BCUT2D eigenvalue weighted by Gasteiger charge is -2.62. The van der Waals surface area contributed by atoms with Crippen LogP contribution in [-0.4, -0.2) is 10.8 Å². The van der Waals surface area contributed by atoms with Crippen molar-refractivity contribution in [1.29, 1.82) is 0 Å². The van der Waals surface area contributed by atoms with Crippen LogP contribution in [0.3, 0.4) is 0 Å².